The van der Waals surface area contributed by atoms with E-state index in [2.05, 4.69) is 69.1 Å². The molecule has 7 heteroatoms. The van der Waals surface area contributed by atoms with Crippen LogP contribution in [0, 0.1) is 11.3 Å². The van der Waals surface area contributed by atoms with E-state index in [9.17, 15) is 5.26 Å². The molecule has 2 aliphatic rings. The lowest BCUT2D eigenvalue weighted by molar-refractivity contribution is -0.0327. The molecule has 1 unspecified atom stereocenters. The van der Waals surface area contributed by atoms with Crippen molar-refractivity contribution in [3.63, 3.8) is 0 Å². The van der Waals surface area contributed by atoms with Gasteiger partial charge in [0.2, 0.25) is 0 Å². The van der Waals surface area contributed by atoms with Gasteiger partial charge in [0.05, 0.1) is 23.3 Å². The summed E-state index contributed by atoms with van der Waals surface area (Å²) in [5, 5.41) is 10.5. The molecule has 2 fully saturated rings. The van der Waals surface area contributed by atoms with E-state index < -0.39 is 0 Å². The Hall–Kier alpha value is -3.18. The van der Waals surface area contributed by atoms with E-state index in [1.54, 1.807) is 6.20 Å². The summed E-state index contributed by atoms with van der Waals surface area (Å²) >= 11 is 0. The summed E-state index contributed by atoms with van der Waals surface area (Å²) in [6.07, 6.45) is 2.04. The van der Waals surface area contributed by atoms with Crippen LogP contribution < -0.4 is 15.5 Å². The molecule has 0 bridgehead atoms. The van der Waals surface area contributed by atoms with Gasteiger partial charge < -0.3 is 20.3 Å². The fourth-order valence-corrected chi connectivity index (χ4v) is 5.19. The first-order chi connectivity index (χ1) is 16.6. The topological polar surface area (TPSA) is 81.7 Å². The molecule has 2 N–H and O–H groups in total. The lowest BCUT2D eigenvalue weighted by Crippen LogP contribution is -2.54. The fourth-order valence-electron chi connectivity index (χ4n) is 5.19. The number of hydrogen-bond donors (Lipinski definition) is 1. The third kappa shape index (κ3) is 4.71. The Labute approximate surface area is 201 Å². The second kappa shape index (κ2) is 9.98. The fraction of sp³-hybridized carbons (Fsp3) is 0.407. The van der Waals surface area contributed by atoms with Crippen LogP contribution in [0.3, 0.4) is 0 Å². The third-order valence-corrected chi connectivity index (χ3v) is 6.91. The Morgan fingerprint density at radius 2 is 1.82 bits per heavy atom. The quantitative estimate of drug-likeness (QED) is 0.632. The average molecular weight is 457 g/mol. The number of aromatic nitrogens is 1. The predicted molar refractivity (Wildman–Crippen MR) is 136 cm³/mol. The number of nitrogens with zero attached hydrogens (tertiary/aromatic N) is 5. The molecule has 2 aromatic carbocycles. The molecular formula is C27H32N6O. The maximum Gasteiger partial charge on any atom is 0.101 e. The summed E-state index contributed by atoms with van der Waals surface area (Å²) < 4.78 is 6.36. The smallest absolute Gasteiger partial charge is 0.101 e. The number of nitrogens with two attached hydrogens (primary N) is 1. The van der Waals surface area contributed by atoms with Crippen molar-refractivity contribution >= 4 is 22.3 Å². The van der Waals surface area contributed by atoms with Crippen LogP contribution in [0.5, 0.6) is 0 Å². The van der Waals surface area contributed by atoms with Gasteiger partial charge in [0, 0.05) is 75.3 Å². The zero-order valence-corrected chi connectivity index (χ0v) is 19.7. The second-order valence-electron chi connectivity index (χ2n) is 9.28. The van der Waals surface area contributed by atoms with Gasteiger partial charge >= 0.3 is 0 Å². The lowest BCUT2D eigenvalue weighted by atomic mass is 10.1. The van der Waals surface area contributed by atoms with Gasteiger partial charge in [-0.25, -0.2) is 0 Å². The van der Waals surface area contributed by atoms with Crippen LogP contribution in [0.25, 0.3) is 10.9 Å². The molecule has 2 aliphatic heterocycles. The second-order valence-corrected chi connectivity index (χ2v) is 9.28. The van der Waals surface area contributed by atoms with Crippen LogP contribution in [-0.4, -0.2) is 67.9 Å². The van der Waals surface area contributed by atoms with Crippen molar-refractivity contribution in [1.82, 2.24) is 9.88 Å². The van der Waals surface area contributed by atoms with Crippen LogP contribution in [-0.2, 0) is 11.3 Å². The summed E-state index contributed by atoms with van der Waals surface area (Å²) in [6, 6.07) is 18.8. The van der Waals surface area contributed by atoms with E-state index in [1.807, 2.05) is 12.1 Å². The maximum atomic E-state index is 9.48. The number of rotatable bonds is 5. The van der Waals surface area contributed by atoms with Crippen molar-refractivity contribution in [1.29, 1.82) is 5.26 Å². The van der Waals surface area contributed by atoms with Crippen LogP contribution in [0.1, 0.15) is 18.1 Å². The number of hydrogen-bond acceptors (Lipinski definition) is 7. The van der Waals surface area contributed by atoms with Crippen molar-refractivity contribution in [3.05, 3.63) is 65.9 Å². The molecular weight excluding hydrogens is 424 g/mol. The summed E-state index contributed by atoms with van der Waals surface area (Å²) in [5.41, 5.74) is 10.7. The molecule has 34 heavy (non-hydrogen) atoms. The van der Waals surface area contributed by atoms with Gasteiger partial charge in [0.1, 0.15) is 6.07 Å². The Morgan fingerprint density at radius 1 is 1.03 bits per heavy atom. The van der Waals surface area contributed by atoms with Crippen LogP contribution in [0.4, 0.5) is 11.4 Å². The molecule has 176 valence electrons. The molecule has 2 saturated heterocycles. The van der Waals surface area contributed by atoms with E-state index in [0.29, 0.717) is 12.1 Å². The SMILES string of the molecule is C[C@@H]1CN(c2ccc(C#N)c3ncccc23)CC(CN2CCN(c3ccc(CN)cc3)CC2)O1. The first kappa shape index (κ1) is 22.6. The molecule has 3 heterocycles. The summed E-state index contributed by atoms with van der Waals surface area (Å²) in [6.45, 7) is 9.39. The number of morpholine rings is 1. The monoisotopic (exact) mass is 456 g/mol. The number of ether oxygens (including phenoxy) is 1. The Balaban J connectivity index is 1.24. The van der Waals surface area contributed by atoms with Crippen molar-refractivity contribution in [2.75, 3.05) is 55.6 Å². The highest BCUT2D eigenvalue weighted by atomic mass is 16.5. The van der Waals surface area contributed by atoms with E-state index in [-0.39, 0.29) is 12.2 Å². The van der Waals surface area contributed by atoms with E-state index >= 15 is 0 Å². The number of nitriles is 1. The van der Waals surface area contributed by atoms with Crippen molar-refractivity contribution in [3.8, 4) is 6.07 Å². The van der Waals surface area contributed by atoms with Gasteiger partial charge in [-0.1, -0.05) is 12.1 Å². The number of piperazine rings is 1. The number of pyridine rings is 1. The molecule has 2 atom stereocenters. The molecule has 0 amide bonds. The van der Waals surface area contributed by atoms with Crippen molar-refractivity contribution < 1.29 is 4.74 Å². The normalized spacial score (nSPS) is 21.6. The number of fused-ring (bicyclic) bond motifs is 1. The van der Waals surface area contributed by atoms with Gasteiger partial charge in [0.25, 0.3) is 0 Å². The molecule has 0 spiro atoms. The van der Waals surface area contributed by atoms with Gasteiger partial charge in [-0.3, -0.25) is 9.88 Å². The Morgan fingerprint density at radius 3 is 2.56 bits per heavy atom. The van der Waals surface area contributed by atoms with E-state index in [4.69, 9.17) is 10.5 Å². The standard InChI is InChI=1S/C27H32N6O/c1-20-17-33(26-9-6-22(16-29)27-25(26)3-2-10-30-27)19-24(34-20)18-31-11-13-32(14-12-31)23-7-4-21(15-28)5-8-23/h2-10,20,24H,11-15,17-19,28H2,1H3/t20-,24?/m1/s1. The first-order valence-corrected chi connectivity index (χ1v) is 12.1. The molecule has 7 nitrogen and oxygen atoms in total. The average Bonchev–Trinajstić information content (AvgIpc) is 2.88. The largest absolute Gasteiger partial charge is 0.370 e. The summed E-state index contributed by atoms with van der Waals surface area (Å²) in [5.74, 6) is 0. The highest BCUT2D eigenvalue weighted by molar-refractivity contribution is 5.95. The van der Waals surface area contributed by atoms with Crippen molar-refractivity contribution in [2.24, 2.45) is 5.73 Å². The van der Waals surface area contributed by atoms with Gasteiger partial charge in [-0.15, -0.1) is 0 Å². The molecule has 0 saturated carbocycles. The Bertz CT molecular complexity index is 1170. The molecule has 3 aromatic rings. The van der Waals surface area contributed by atoms with E-state index in [1.165, 1.54) is 11.3 Å². The number of anilines is 2. The molecule has 5 rings (SSSR count). The van der Waals surface area contributed by atoms with Crippen LogP contribution in [0.2, 0.25) is 0 Å². The van der Waals surface area contributed by atoms with E-state index in [0.717, 1.165) is 62.4 Å². The minimum absolute atomic E-state index is 0.140. The lowest BCUT2D eigenvalue weighted by Gasteiger charge is -2.42. The summed E-state index contributed by atoms with van der Waals surface area (Å²) in [7, 11) is 0. The number of benzene rings is 2. The Kier molecular flexibility index (Phi) is 6.63. The third-order valence-electron chi connectivity index (χ3n) is 6.91. The highest BCUT2D eigenvalue weighted by Gasteiger charge is 2.29. The first-order valence-electron chi connectivity index (χ1n) is 12.1. The minimum atomic E-state index is 0.140. The van der Waals surface area contributed by atoms with Gasteiger partial charge in [0.15, 0.2) is 0 Å². The van der Waals surface area contributed by atoms with Crippen LogP contribution >= 0.6 is 0 Å². The minimum Gasteiger partial charge on any atom is -0.370 e. The highest BCUT2D eigenvalue weighted by Crippen LogP contribution is 2.30. The maximum absolute atomic E-state index is 9.48. The summed E-state index contributed by atoms with van der Waals surface area (Å²) in [4.78, 5) is 11.8. The zero-order chi connectivity index (χ0) is 23.5. The zero-order valence-electron chi connectivity index (χ0n) is 19.7. The molecule has 1 aromatic heterocycles. The predicted octanol–water partition coefficient (Wildman–Crippen LogP) is 2.98. The molecule has 0 radical (unpaired) electrons. The van der Waals surface area contributed by atoms with Crippen molar-refractivity contribution in [2.45, 2.75) is 25.7 Å². The van der Waals surface area contributed by atoms with Gasteiger partial charge in [-0.05, 0) is 48.9 Å². The van der Waals surface area contributed by atoms with Crippen LogP contribution in [0.15, 0.2) is 54.7 Å². The van der Waals surface area contributed by atoms with Gasteiger partial charge in [-0.2, -0.15) is 5.26 Å². The molecule has 0 aliphatic carbocycles.